The van der Waals surface area contributed by atoms with Crippen molar-refractivity contribution in [2.75, 3.05) is 24.4 Å². The van der Waals surface area contributed by atoms with E-state index in [-0.39, 0.29) is 11.0 Å². The number of aryl methyl sites for hydroxylation is 2. The Labute approximate surface area is 117 Å². The standard InChI is InChI=1S/C14H18O2S2/c1-9-6-10(2)13(11(7-9)16-3)14(15)12-8-17-4-5-18-12/h6-7,12H,4-5,8H2,1-3H3. The first kappa shape index (κ1) is 13.8. The van der Waals surface area contributed by atoms with Gasteiger partial charge in [-0.05, 0) is 31.0 Å². The number of rotatable bonds is 3. The number of carbonyl (C=O) groups is 1. The summed E-state index contributed by atoms with van der Waals surface area (Å²) in [7, 11) is 1.63. The average Bonchev–Trinajstić information content (AvgIpc) is 2.38. The highest BCUT2D eigenvalue weighted by molar-refractivity contribution is 8.07. The van der Waals surface area contributed by atoms with Crippen molar-refractivity contribution in [1.82, 2.24) is 0 Å². The summed E-state index contributed by atoms with van der Waals surface area (Å²) >= 11 is 3.64. The van der Waals surface area contributed by atoms with Crippen molar-refractivity contribution in [1.29, 1.82) is 0 Å². The maximum Gasteiger partial charge on any atom is 0.180 e. The Hall–Kier alpha value is -0.610. The molecule has 1 aromatic rings. The molecule has 0 spiro atoms. The molecule has 0 amide bonds. The first-order valence-electron chi connectivity index (χ1n) is 6.02. The second-order valence-electron chi connectivity index (χ2n) is 4.46. The quantitative estimate of drug-likeness (QED) is 0.794. The van der Waals surface area contributed by atoms with Crippen LogP contribution in [0.4, 0.5) is 0 Å². The molecule has 1 aromatic carbocycles. The lowest BCUT2D eigenvalue weighted by molar-refractivity contribution is 0.0991. The molecule has 1 saturated heterocycles. The van der Waals surface area contributed by atoms with E-state index in [1.807, 2.05) is 31.7 Å². The topological polar surface area (TPSA) is 26.3 Å². The minimum atomic E-state index is 0.0825. The molecule has 0 aromatic heterocycles. The Morgan fingerprint density at radius 1 is 1.33 bits per heavy atom. The van der Waals surface area contributed by atoms with Gasteiger partial charge in [0.05, 0.1) is 17.9 Å². The number of hydrogen-bond donors (Lipinski definition) is 0. The number of carbonyl (C=O) groups excluding carboxylic acids is 1. The third-order valence-corrected chi connectivity index (χ3v) is 5.77. The fraction of sp³-hybridized carbons (Fsp3) is 0.500. The van der Waals surface area contributed by atoms with Gasteiger partial charge in [0.15, 0.2) is 5.78 Å². The molecule has 1 heterocycles. The zero-order valence-electron chi connectivity index (χ0n) is 11.0. The Kier molecular flexibility index (Phi) is 4.62. The molecule has 1 fully saturated rings. The SMILES string of the molecule is COc1cc(C)cc(C)c1C(=O)C1CSCCS1. The van der Waals surface area contributed by atoms with Gasteiger partial charge in [-0.2, -0.15) is 11.8 Å². The molecule has 4 heteroatoms. The van der Waals surface area contributed by atoms with Gasteiger partial charge < -0.3 is 4.74 Å². The number of Topliss-reactive ketones (excluding diaryl/α,β-unsaturated/α-hetero) is 1. The molecule has 98 valence electrons. The van der Waals surface area contributed by atoms with Crippen LogP contribution in [0.5, 0.6) is 5.75 Å². The minimum absolute atomic E-state index is 0.0825. The van der Waals surface area contributed by atoms with Gasteiger partial charge in [-0.3, -0.25) is 4.79 Å². The minimum Gasteiger partial charge on any atom is -0.496 e. The molecule has 0 bridgehead atoms. The molecule has 18 heavy (non-hydrogen) atoms. The van der Waals surface area contributed by atoms with Crippen molar-refractivity contribution in [3.8, 4) is 5.75 Å². The van der Waals surface area contributed by atoms with Gasteiger partial charge in [-0.25, -0.2) is 0 Å². The summed E-state index contributed by atoms with van der Waals surface area (Å²) in [6.07, 6.45) is 0. The van der Waals surface area contributed by atoms with Crippen molar-refractivity contribution in [2.24, 2.45) is 0 Å². The number of ketones is 1. The predicted molar refractivity (Wildman–Crippen MR) is 80.4 cm³/mol. The number of hydrogen-bond acceptors (Lipinski definition) is 4. The maximum absolute atomic E-state index is 12.6. The third-order valence-electron chi connectivity index (χ3n) is 3.02. The van der Waals surface area contributed by atoms with Crippen LogP contribution in [0.3, 0.4) is 0 Å². The molecule has 0 saturated carbocycles. The number of benzene rings is 1. The van der Waals surface area contributed by atoms with Crippen LogP contribution in [0.25, 0.3) is 0 Å². The zero-order valence-corrected chi connectivity index (χ0v) is 12.6. The smallest absolute Gasteiger partial charge is 0.180 e. The lowest BCUT2D eigenvalue weighted by atomic mass is 9.99. The normalized spacial score (nSPS) is 19.6. The highest BCUT2D eigenvalue weighted by Crippen LogP contribution is 2.32. The van der Waals surface area contributed by atoms with Crippen LogP contribution in [-0.4, -0.2) is 35.4 Å². The van der Waals surface area contributed by atoms with Gasteiger partial charge in [0.1, 0.15) is 5.75 Å². The van der Waals surface area contributed by atoms with E-state index in [1.54, 1.807) is 18.9 Å². The second kappa shape index (κ2) is 6.02. The molecule has 0 N–H and O–H groups in total. The highest BCUT2D eigenvalue weighted by Gasteiger charge is 2.27. The van der Waals surface area contributed by atoms with Crippen LogP contribution in [0.15, 0.2) is 12.1 Å². The van der Waals surface area contributed by atoms with Crippen molar-refractivity contribution in [3.63, 3.8) is 0 Å². The Bertz CT molecular complexity index is 451. The van der Waals surface area contributed by atoms with Crippen molar-refractivity contribution < 1.29 is 9.53 Å². The van der Waals surface area contributed by atoms with E-state index < -0.39 is 0 Å². The van der Waals surface area contributed by atoms with Gasteiger partial charge in [0, 0.05) is 17.3 Å². The molecule has 0 aliphatic carbocycles. The van der Waals surface area contributed by atoms with Crippen LogP contribution >= 0.6 is 23.5 Å². The second-order valence-corrected chi connectivity index (χ2v) is 6.92. The zero-order chi connectivity index (χ0) is 13.1. The summed E-state index contributed by atoms with van der Waals surface area (Å²) in [5.41, 5.74) is 2.92. The van der Waals surface area contributed by atoms with Crippen LogP contribution in [0.1, 0.15) is 21.5 Å². The van der Waals surface area contributed by atoms with Gasteiger partial charge in [-0.1, -0.05) is 6.07 Å². The van der Waals surface area contributed by atoms with E-state index in [0.717, 1.165) is 33.9 Å². The predicted octanol–water partition coefficient (Wildman–Crippen LogP) is 3.34. The molecule has 2 rings (SSSR count). The van der Waals surface area contributed by atoms with E-state index in [9.17, 15) is 4.79 Å². The summed E-state index contributed by atoms with van der Waals surface area (Å²) < 4.78 is 5.38. The summed E-state index contributed by atoms with van der Waals surface area (Å²) in [5.74, 6) is 4.07. The van der Waals surface area contributed by atoms with E-state index in [1.165, 1.54) is 0 Å². The molecule has 0 radical (unpaired) electrons. The summed E-state index contributed by atoms with van der Waals surface area (Å²) in [6, 6.07) is 4.00. The summed E-state index contributed by atoms with van der Waals surface area (Å²) in [4.78, 5) is 12.6. The first-order chi connectivity index (χ1) is 8.63. The van der Waals surface area contributed by atoms with Crippen LogP contribution in [0, 0.1) is 13.8 Å². The highest BCUT2D eigenvalue weighted by atomic mass is 32.2. The van der Waals surface area contributed by atoms with Crippen molar-refractivity contribution >= 4 is 29.3 Å². The molecule has 1 aliphatic rings. The van der Waals surface area contributed by atoms with Gasteiger partial charge in [0.25, 0.3) is 0 Å². The van der Waals surface area contributed by atoms with Gasteiger partial charge in [0.2, 0.25) is 0 Å². The van der Waals surface area contributed by atoms with Gasteiger partial charge in [-0.15, -0.1) is 11.8 Å². The number of methoxy groups -OCH3 is 1. The lowest BCUT2D eigenvalue weighted by Crippen LogP contribution is -2.25. The van der Waals surface area contributed by atoms with Crippen LogP contribution in [0.2, 0.25) is 0 Å². The number of thioether (sulfide) groups is 2. The molecule has 1 atom stereocenters. The largest absolute Gasteiger partial charge is 0.496 e. The third kappa shape index (κ3) is 2.86. The summed E-state index contributed by atoms with van der Waals surface area (Å²) in [6.45, 7) is 4.01. The van der Waals surface area contributed by atoms with E-state index in [2.05, 4.69) is 6.07 Å². The lowest BCUT2D eigenvalue weighted by Gasteiger charge is -2.21. The monoisotopic (exact) mass is 282 g/mol. The first-order valence-corrected chi connectivity index (χ1v) is 8.22. The molecule has 2 nitrogen and oxygen atoms in total. The van der Waals surface area contributed by atoms with Crippen LogP contribution < -0.4 is 4.74 Å². The van der Waals surface area contributed by atoms with Crippen LogP contribution in [-0.2, 0) is 0 Å². The Morgan fingerprint density at radius 2 is 2.11 bits per heavy atom. The van der Waals surface area contributed by atoms with Crippen molar-refractivity contribution in [3.05, 3.63) is 28.8 Å². The average molecular weight is 282 g/mol. The fourth-order valence-electron chi connectivity index (χ4n) is 2.21. The number of ether oxygens (including phenoxy) is 1. The Balaban J connectivity index is 2.34. The van der Waals surface area contributed by atoms with E-state index in [0.29, 0.717) is 5.75 Å². The molecule has 1 aliphatic heterocycles. The van der Waals surface area contributed by atoms with Gasteiger partial charge >= 0.3 is 0 Å². The van der Waals surface area contributed by atoms with E-state index >= 15 is 0 Å². The maximum atomic E-state index is 12.6. The van der Waals surface area contributed by atoms with Crippen molar-refractivity contribution in [2.45, 2.75) is 19.1 Å². The fourth-order valence-corrected chi connectivity index (χ4v) is 4.82. The molecular weight excluding hydrogens is 264 g/mol. The Morgan fingerprint density at radius 3 is 2.72 bits per heavy atom. The molecular formula is C14H18O2S2. The summed E-state index contributed by atoms with van der Waals surface area (Å²) in [5, 5.41) is 0.0825. The van der Waals surface area contributed by atoms with E-state index in [4.69, 9.17) is 4.74 Å². The molecule has 1 unspecified atom stereocenters.